The van der Waals surface area contributed by atoms with Crippen molar-refractivity contribution in [1.29, 1.82) is 0 Å². The van der Waals surface area contributed by atoms with Crippen molar-refractivity contribution in [2.24, 2.45) is 10.2 Å². The van der Waals surface area contributed by atoms with Gasteiger partial charge in [0.05, 0.1) is 53.7 Å². The number of likely N-dealkylation sites (N-methyl/N-ethyl adjacent to an activating group) is 2. The minimum Gasteiger partial charge on any atom is -1.00 e. The fraction of sp³-hybridized carbons (Fsp3) is 0.692. The first-order valence-electron chi connectivity index (χ1n) is 24.8. The molecule has 0 heterocycles. The minimum absolute atomic E-state index is 0. The van der Waals surface area contributed by atoms with E-state index < -0.39 is 11.8 Å². The summed E-state index contributed by atoms with van der Waals surface area (Å²) in [6, 6.07) is 15.0. The Kier molecular flexibility index (Phi) is 37.1. The van der Waals surface area contributed by atoms with Crippen LogP contribution in [0.3, 0.4) is 0 Å². The van der Waals surface area contributed by atoms with Crippen molar-refractivity contribution in [3.05, 3.63) is 59.7 Å². The van der Waals surface area contributed by atoms with Crippen LogP contribution >= 0.6 is 0 Å². The molecule has 0 atom stereocenters. The van der Waals surface area contributed by atoms with E-state index in [0.29, 0.717) is 13.2 Å². The normalized spacial score (nSPS) is 11.7. The molecule has 0 fully saturated rings. The first-order chi connectivity index (χ1) is 30.0. The summed E-state index contributed by atoms with van der Waals surface area (Å²) >= 11 is 0. The quantitative estimate of drug-likeness (QED) is 0.0301. The van der Waals surface area contributed by atoms with Crippen LogP contribution in [0.4, 0.5) is 0 Å². The van der Waals surface area contributed by atoms with E-state index in [2.05, 4.69) is 63.1 Å². The lowest BCUT2D eigenvalue weighted by atomic mass is 10.1. The van der Waals surface area contributed by atoms with Crippen LogP contribution < -0.4 is 45.1 Å². The lowest BCUT2D eigenvalue weighted by Gasteiger charge is -2.29. The van der Waals surface area contributed by atoms with Crippen LogP contribution in [0.15, 0.2) is 58.7 Å². The molecule has 0 aliphatic rings. The zero-order chi connectivity index (χ0) is 45.0. The Labute approximate surface area is 403 Å². The van der Waals surface area contributed by atoms with E-state index in [-0.39, 0.29) is 24.8 Å². The first-order valence-corrected chi connectivity index (χ1v) is 24.8. The molecule has 0 aromatic heterocycles. The second-order valence-electron chi connectivity index (χ2n) is 18.8. The van der Waals surface area contributed by atoms with Gasteiger partial charge < -0.3 is 43.3 Å². The Hall–Kier alpha value is -3.18. The largest absolute Gasteiger partial charge is 1.00 e. The van der Waals surface area contributed by atoms with Gasteiger partial charge in [0.1, 0.15) is 37.8 Å². The molecule has 0 saturated heterocycles. The number of nitrogens with one attached hydrogen (secondary N) is 2. The molecule has 0 unspecified atom stereocenters. The molecule has 366 valence electrons. The van der Waals surface area contributed by atoms with Gasteiger partial charge in [-0.15, -0.1) is 0 Å². The van der Waals surface area contributed by atoms with Crippen LogP contribution in [-0.4, -0.2) is 101 Å². The van der Waals surface area contributed by atoms with E-state index in [4.69, 9.17) is 9.47 Å². The molecule has 0 aliphatic carbocycles. The van der Waals surface area contributed by atoms with Crippen LogP contribution in [0.25, 0.3) is 0 Å². The van der Waals surface area contributed by atoms with E-state index in [0.717, 1.165) is 57.8 Å². The molecule has 2 rings (SSSR count). The molecule has 0 aliphatic heterocycles. The van der Waals surface area contributed by atoms with Crippen molar-refractivity contribution in [2.75, 3.05) is 67.6 Å². The Morgan fingerprint density at radius 3 is 0.984 bits per heavy atom. The van der Waals surface area contributed by atoms with E-state index in [1.807, 2.05) is 48.5 Å². The molecule has 10 nitrogen and oxygen atoms in total. The second kappa shape index (κ2) is 39.0. The van der Waals surface area contributed by atoms with Crippen molar-refractivity contribution in [1.82, 2.24) is 10.9 Å². The summed E-state index contributed by atoms with van der Waals surface area (Å²) in [6.45, 7) is 10.0. The highest BCUT2D eigenvalue weighted by molar-refractivity contribution is 6.35. The summed E-state index contributed by atoms with van der Waals surface area (Å²) in [5.41, 5.74) is 6.04. The lowest BCUT2D eigenvalue weighted by Crippen LogP contribution is -3.00. The number of nitrogens with zero attached hydrogens (tertiary/aromatic N) is 4. The third kappa shape index (κ3) is 33.3. The SMILES string of the molecule is CCCCCCCCCCCCCC[N+](C)(C)CCOc1ccc(C=NNC(=O)C(=O)NN=Cc2ccc(OCC[N+](C)(C)CCCCCCCCCCCCCC)cc2)cc1.[Cl-].[Cl-]. The Morgan fingerprint density at radius 2 is 0.703 bits per heavy atom. The molecule has 2 aromatic rings. The average molecular weight is 934 g/mol. The molecular formula is C52H90Cl2N6O4. The molecule has 2 aromatic carbocycles. The van der Waals surface area contributed by atoms with Gasteiger partial charge in [0.15, 0.2) is 0 Å². The third-order valence-corrected chi connectivity index (χ3v) is 11.9. The van der Waals surface area contributed by atoms with Crippen molar-refractivity contribution < 1.29 is 52.8 Å². The fourth-order valence-electron chi connectivity index (χ4n) is 7.54. The summed E-state index contributed by atoms with van der Waals surface area (Å²) < 4.78 is 13.9. The highest BCUT2D eigenvalue weighted by Gasteiger charge is 2.16. The highest BCUT2D eigenvalue weighted by Crippen LogP contribution is 2.16. The topological polar surface area (TPSA) is 101 Å². The number of rotatable bonds is 38. The number of halogens is 2. The maximum atomic E-state index is 12.2. The number of hydrogen-bond acceptors (Lipinski definition) is 6. The average Bonchev–Trinajstić information content (AvgIpc) is 3.25. The fourth-order valence-corrected chi connectivity index (χ4v) is 7.54. The summed E-state index contributed by atoms with van der Waals surface area (Å²) in [4.78, 5) is 24.5. The Balaban J connectivity index is 0.0000198. The summed E-state index contributed by atoms with van der Waals surface area (Å²) in [7, 11) is 9.11. The monoisotopic (exact) mass is 933 g/mol. The van der Waals surface area contributed by atoms with Gasteiger partial charge in [-0.25, -0.2) is 10.9 Å². The van der Waals surface area contributed by atoms with Gasteiger partial charge in [0, 0.05) is 0 Å². The highest BCUT2D eigenvalue weighted by atomic mass is 35.5. The van der Waals surface area contributed by atoms with Crippen molar-refractivity contribution in [3.63, 3.8) is 0 Å². The number of carbonyl (C=O) groups is 2. The molecule has 0 bridgehead atoms. The van der Waals surface area contributed by atoms with Gasteiger partial charge in [0.2, 0.25) is 0 Å². The van der Waals surface area contributed by atoms with E-state index >= 15 is 0 Å². The third-order valence-electron chi connectivity index (χ3n) is 11.9. The predicted molar refractivity (Wildman–Crippen MR) is 261 cm³/mol. The van der Waals surface area contributed by atoms with Crippen LogP contribution in [0.2, 0.25) is 0 Å². The number of hydrazone groups is 2. The predicted octanol–water partition coefficient (Wildman–Crippen LogP) is 5.61. The van der Waals surface area contributed by atoms with E-state index in [1.54, 1.807) is 0 Å². The van der Waals surface area contributed by atoms with Crippen molar-refractivity contribution in [3.8, 4) is 11.5 Å². The molecule has 2 N–H and O–H groups in total. The maximum Gasteiger partial charge on any atom is 0.331 e. The van der Waals surface area contributed by atoms with E-state index in [9.17, 15) is 9.59 Å². The maximum absolute atomic E-state index is 12.2. The molecule has 64 heavy (non-hydrogen) atoms. The number of quaternary nitrogens is 2. The molecule has 0 saturated carbocycles. The molecule has 0 radical (unpaired) electrons. The Morgan fingerprint density at radius 1 is 0.438 bits per heavy atom. The zero-order valence-electron chi connectivity index (χ0n) is 41.2. The molecule has 0 spiro atoms. The van der Waals surface area contributed by atoms with Gasteiger partial charge in [-0.3, -0.25) is 9.59 Å². The van der Waals surface area contributed by atoms with Crippen LogP contribution in [0.5, 0.6) is 11.5 Å². The molecular weight excluding hydrogens is 844 g/mol. The number of hydrogen-bond donors (Lipinski definition) is 2. The van der Waals surface area contributed by atoms with Gasteiger partial charge in [-0.2, -0.15) is 10.2 Å². The van der Waals surface area contributed by atoms with Crippen molar-refractivity contribution in [2.45, 2.75) is 168 Å². The lowest BCUT2D eigenvalue weighted by molar-refractivity contribution is -0.890. The summed E-state index contributed by atoms with van der Waals surface area (Å²) in [5.74, 6) is -0.248. The Bertz CT molecular complexity index is 1380. The number of unbranched alkanes of at least 4 members (excludes halogenated alkanes) is 22. The molecule has 2 amide bonds. The molecule has 12 heteroatoms. The van der Waals surface area contributed by atoms with Crippen molar-refractivity contribution >= 4 is 24.2 Å². The van der Waals surface area contributed by atoms with E-state index in [1.165, 1.54) is 167 Å². The van der Waals surface area contributed by atoms with Gasteiger partial charge in [-0.1, -0.05) is 142 Å². The number of amides is 2. The van der Waals surface area contributed by atoms with Gasteiger partial charge >= 0.3 is 11.8 Å². The summed E-state index contributed by atoms with van der Waals surface area (Å²) in [6.07, 6.45) is 35.8. The standard InChI is InChI=1S/C52H88N6O4.2ClH/c1-7-9-11-13-15-17-19-21-23-25-27-29-39-57(3,4)41-43-61-49-35-31-47(32-36-49)45-53-55-51(59)52(60)56-54-46-48-33-37-50(38-34-48)62-44-42-58(5,6)40-30-28-26-24-22-20-18-16-14-12-10-8-2;;/h31-38,45-46H,7-30,39-44H2,1-6H3;2*1H. The number of carbonyl (C=O) groups excluding carboxylic acids is 2. The first kappa shape index (κ1) is 60.8. The van der Waals surface area contributed by atoms with Crippen LogP contribution in [-0.2, 0) is 9.59 Å². The number of ether oxygens (including phenoxy) is 2. The smallest absolute Gasteiger partial charge is 0.331 e. The van der Waals surface area contributed by atoms with Crippen LogP contribution in [0.1, 0.15) is 179 Å². The second-order valence-corrected chi connectivity index (χ2v) is 18.8. The zero-order valence-corrected chi connectivity index (χ0v) is 42.7. The summed E-state index contributed by atoms with van der Waals surface area (Å²) in [5, 5.41) is 7.84. The van der Waals surface area contributed by atoms with Crippen LogP contribution in [0, 0.1) is 0 Å². The number of benzene rings is 2. The van der Waals surface area contributed by atoms with Gasteiger partial charge in [-0.05, 0) is 85.3 Å². The van der Waals surface area contributed by atoms with Gasteiger partial charge in [0.25, 0.3) is 0 Å². The minimum atomic E-state index is -0.911.